The Morgan fingerprint density at radius 2 is 2.05 bits per heavy atom. The predicted molar refractivity (Wildman–Crippen MR) is 62.2 cm³/mol. The third-order valence-corrected chi connectivity index (χ3v) is 3.29. The van der Waals surface area contributed by atoms with Crippen LogP contribution in [0.15, 0.2) is 18.2 Å². The monoisotopic (exact) mass is 269 g/mol. The normalized spacial score (nSPS) is 23.2. The van der Waals surface area contributed by atoms with Gasteiger partial charge in [0.1, 0.15) is 0 Å². The van der Waals surface area contributed by atoms with Gasteiger partial charge >= 0.3 is 6.09 Å². The van der Waals surface area contributed by atoms with Crippen LogP contribution in [-0.4, -0.2) is 11.9 Å². The molecule has 6 heteroatoms. The summed E-state index contributed by atoms with van der Waals surface area (Å²) in [5.74, 6) is -2.73. The molecule has 1 aromatic rings. The highest BCUT2D eigenvalue weighted by molar-refractivity contribution is 5.91. The van der Waals surface area contributed by atoms with Crippen LogP contribution in [-0.2, 0) is 15.1 Å². The zero-order valence-corrected chi connectivity index (χ0v) is 10.1. The molecule has 0 aromatic heterocycles. The van der Waals surface area contributed by atoms with Gasteiger partial charge in [-0.25, -0.2) is 13.6 Å². The molecule has 0 heterocycles. The fourth-order valence-electron chi connectivity index (χ4n) is 2.44. The molecule has 0 spiro atoms. The second kappa shape index (κ2) is 4.95. The first-order valence-electron chi connectivity index (χ1n) is 5.93. The van der Waals surface area contributed by atoms with E-state index < -0.39 is 29.1 Å². The standard InChI is InChI=1S/C13H13F2NO3/c14-9-5-3-4-8(11(9)15)13(19-12(16)18)7-2-1-6-10(13)17/h3-5H,1-2,6-7H2,(H2,16,18). The van der Waals surface area contributed by atoms with E-state index in [1.54, 1.807) is 0 Å². The van der Waals surface area contributed by atoms with Crippen molar-refractivity contribution < 1.29 is 23.1 Å². The maximum Gasteiger partial charge on any atom is 0.405 e. The molecule has 1 saturated carbocycles. The number of rotatable bonds is 2. The Hall–Kier alpha value is -1.98. The van der Waals surface area contributed by atoms with E-state index in [1.165, 1.54) is 12.1 Å². The van der Waals surface area contributed by atoms with Crippen LogP contribution in [0.5, 0.6) is 0 Å². The van der Waals surface area contributed by atoms with Crippen LogP contribution in [0.4, 0.5) is 13.6 Å². The molecule has 0 saturated heterocycles. The number of ketones is 1. The minimum atomic E-state index is -1.80. The predicted octanol–water partition coefficient (Wildman–Crippen LogP) is 2.40. The van der Waals surface area contributed by atoms with Gasteiger partial charge in [-0.15, -0.1) is 0 Å². The third-order valence-electron chi connectivity index (χ3n) is 3.29. The summed E-state index contributed by atoms with van der Waals surface area (Å²) in [7, 11) is 0. The Bertz CT molecular complexity index is 533. The number of ether oxygens (including phenoxy) is 1. The van der Waals surface area contributed by atoms with Crippen LogP contribution in [0.25, 0.3) is 0 Å². The largest absolute Gasteiger partial charge is 0.430 e. The van der Waals surface area contributed by atoms with Crippen molar-refractivity contribution in [1.82, 2.24) is 0 Å². The fraction of sp³-hybridized carbons (Fsp3) is 0.385. The molecule has 1 aromatic carbocycles. The Kier molecular flexibility index (Phi) is 3.50. The van der Waals surface area contributed by atoms with E-state index in [9.17, 15) is 18.4 Å². The van der Waals surface area contributed by atoms with Gasteiger partial charge < -0.3 is 10.5 Å². The maximum absolute atomic E-state index is 13.9. The highest BCUT2D eigenvalue weighted by Crippen LogP contribution is 2.39. The van der Waals surface area contributed by atoms with Crippen LogP contribution in [0.2, 0.25) is 0 Å². The summed E-state index contributed by atoms with van der Waals surface area (Å²) in [6.45, 7) is 0. The number of amides is 1. The summed E-state index contributed by atoms with van der Waals surface area (Å²) in [4.78, 5) is 23.1. The number of nitrogens with two attached hydrogens (primary N) is 1. The van der Waals surface area contributed by atoms with Gasteiger partial charge in [-0.3, -0.25) is 4.79 Å². The summed E-state index contributed by atoms with van der Waals surface area (Å²) in [5.41, 5.74) is 2.90. The fourth-order valence-corrected chi connectivity index (χ4v) is 2.44. The second-order valence-electron chi connectivity index (χ2n) is 4.48. The molecular weight excluding hydrogens is 256 g/mol. The lowest BCUT2D eigenvalue weighted by Crippen LogP contribution is -2.45. The van der Waals surface area contributed by atoms with Crippen molar-refractivity contribution in [2.75, 3.05) is 0 Å². The van der Waals surface area contributed by atoms with Crippen molar-refractivity contribution in [1.29, 1.82) is 0 Å². The molecule has 0 radical (unpaired) electrons. The van der Waals surface area contributed by atoms with Crippen molar-refractivity contribution >= 4 is 11.9 Å². The lowest BCUT2D eigenvalue weighted by molar-refractivity contribution is -0.142. The highest BCUT2D eigenvalue weighted by atomic mass is 19.2. The molecule has 0 aliphatic heterocycles. The smallest absolute Gasteiger partial charge is 0.405 e. The van der Waals surface area contributed by atoms with Crippen LogP contribution in [0.1, 0.15) is 31.2 Å². The Morgan fingerprint density at radius 3 is 2.68 bits per heavy atom. The van der Waals surface area contributed by atoms with E-state index in [-0.39, 0.29) is 18.4 Å². The molecule has 1 amide bonds. The van der Waals surface area contributed by atoms with Crippen LogP contribution >= 0.6 is 0 Å². The van der Waals surface area contributed by atoms with Gasteiger partial charge in [0.05, 0.1) is 0 Å². The summed E-state index contributed by atoms with van der Waals surface area (Å²) in [5, 5.41) is 0. The summed E-state index contributed by atoms with van der Waals surface area (Å²) < 4.78 is 32.1. The van der Waals surface area contributed by atoms with E-state index >= 15 is 0 Å². The number of hydrogen-bond acceptors (Lipinski definition) is 3. The van der Waals surface area contributed by atoms with E-state index in [4.69, 9.17) is 10.5 Å². The zero-order valence-electron chi connectivity index (χ0n) is 10.1. The van der Waals surface area contributed by atoms with Crippen molar-refractivity contribution in [3.05, 3.63) is 35.4 Å². The zero-order chi connectivity index (χ0) is 14.0. The van der Waals surface area contributed by atoms with Crippen molar-refractivity contribution in [3.63, 3.8) is 0 Å². The van der Waals surface area contributed by atoms with Crippen molar-refractivity contribution in [2.45, 2.75) is 31.3 Å². The number of carbonyl (C=O) groups excluding carboxylic acids is 2. The first-order valence-corrected chi connectivity index (χ1v) is 5.93. The summed E-state index contributed by atoms with van der Waals surface area (Å²) in [6, 6.07) is 3.44. The molecule has 1 aliphatic carbocycles. The molecule has 2 rings (SSSR count). The lowest BCUT2D eigenvalue weighted by atomic mass is 9.78. The van der Waals surface area contributed by atoms with E-state index in [2.05, 4.69) is 0 Å². The van der Waals surface area contributed by atoms with Gasteiger partial charge in [0.2, 0.25) is 0 Å². The number of hydrogen-bond donors (Lipinski definition) is 1. The molecule has 19 heavy (non-hydrogen) atoms. The topological polar surface area (TPSA) is 69.4 Å². The van der Waals surface area contributed by atoms with Gasteiger partial charge in [-0.05, 0) is 25.3 Å². The molecule has 1 fully saturated rings. The SMILES string of the molecule is NC(=O)OC1(c2cccc(F)c2F)CCCCC1=O. The molecule has 4 nitrogen and oxygen atoms in total. The van der Waals surface area contributed by atoms with Crippen molar-refractivity contribution in [3.8, 4) is 0 Å². The van der Waals surface area contributed by atoms with Gasteiger partial charge in [0, 0.05) is 12.0 Å². The van der Waals surface area contributed by atoms with Crippen LogP contribution < -0.4 is 5.73 Å². The van der Waals surface area contributed by atoms with E-state index in [0.717, 1.165) is 6.07 Å². The Labute approximate surface area is 108 Å². The second-order valence-corrected chi connectivity index (χ2v) is 4.48. The van der Waals surface area contributed by atoms with Crippen molar-refractivity contribution in [2.24, 2.45) is 5.73 Å². The number of halogens is 2. The average Bonchev–Trinajstić information content (AvgIpc) is 2.35. The van der Waals surface area contributed by atoms with E-state index in [0.29, 0.717) is 12.8 Å². The van der Waals surface area contributed by atoms with E-state index in [1.807, 2.05) is 0 Å². The molecule has 1 aliphatic rings. The lowest BCUT2D eigenvalue weighted by Gasteiger charge is -2.35. The molecule has 1 unspecified atom stereocenters. The molecule has 2 N–H and O–H groups in total. The number of primary amides is 1. The van der Waals surface area contributed by atoms with Crippen LogP contribution in [0, 0.1) is 11.6 Å². The van der Waals surface area contributed by atoms with Crippen LogP contribution in [0.3, 0.4) is 0 Å². The first kappa shape index (κ1) is 13.5. The first-order chi connectivity index (χ1) is 8.97. The number of Topliss-reactive ketones (excluding diaryl/α,β-unsaturated/α-hetero) is 1. The molecule has 102 valence electrons. The quantitative estimate of drug-likeness (QED) is 0.896. The molecule has 1 atom stereocenters. The maximum atomic E-state index is 13.9. The number of benzene rings is 1. The van der Waals surface area contributed by atoms with Gasteiger partial charge in [0.25, 0.3) is 0 Å². The minimum absolute atomic E-state index is 0.106. The summed E-state index contributed by atoms with van der Waals surface area (Å²) >= 11 is 0. The summed E-state index contributed by atoms with van der Waals surface area (Å²) in [6.07, 6.45) is 0.256. The third kappa shape index (κ3) is 2.30. The average molecular weight is 269 g/mol. The Morgan fingerprint density at radius 1 is 1.32 bits per heavy atom. The molecular formula is C13H13F2NO3. The minimum Gasteiger partial charge on any atom is -0.430 e. The van der Waals surface area contributed by atoms with Gasteiger partial charge in [-0.2, -0.15) is 0 Å². The van der Waals surface area contributed by atoms with Gasteiger partial charge in [0.15, 0.2) is 23.0 Å². The van der Waals surface area contributed by atoms with Gasteiger partial charge in [-0.1, -0.05) is 12.1 Å². The highest BCUT2D eigenvalue weighted by Gasteiger charge is 2.47. The Balaban J connectivity index is 2.56. The molecule has 0 bridgehead atoms. The number of carbonyl (C=O) groups is 2.